The van der Waals surface area contributed by atoms with Crippen LogP contribution in [-0.4, -0.2) is 12.4 Å². The van der Waals surface area contributed by atoms with Gasteiger partial charge in [0.1, 0.15) is 0 Å². The minimum atomic E-state index is -4.08. The van der Waals surface area contributed by atoms with E-state index in [1.165, 1.54) is 25.7 Å². The molecule has 0 aromatic carbocycles. The molecule has 0 saturated heterocycles. The topological polar surface area (TPSA) is 0 Å². The first kappa shape index (κ1) is 24.0. The maximum atomic E-state index is 11.6. The van der Waals surface area contributed by atoms with Gasteiger partial charge in [-0.2, -0.15) is 26.3 Å². The van der Waals surface area contributed by atoms with E-state index >= 15 is 0 Å². The molecule has 23 heavy (non-hydrogen) atoms. The first-order valence-corrected chi connectivity index (χ1v) is 12.4. The third-order valence-corrected chi connectivity index (χ3v) is 2.27. The van der Waals surface area contributed by atoms with Gasteiger partial charge in [-0.25, -0.2) is 0 Å². The summed E-state index contributed by atoms with van der Waals surface area (Å²) in [6.45, 7) is 0. The molecular weight excluding hydrogens is 444 g/mol. The summed E-state index contributed by atoms with van der Waals surface area (Å²) in [7, 11) is 9.87. The Morgan fingerprint density at radius 2 is 0.870 bits per heavy atom. The van der Waals surface area contributed by atoms with Gasteiger partial charge in [0.05, 0.1) is 12.8 Å². The molecule has 2 saturated carbocycles. The molecule has 0 unspecified atom stereocenters. The van der Waals surface area contributed by atoms with Crippen LogP contribution in [0.25, 0.3) is 0 Å². The summed E-state index contributed by atoms with van der Waals surface area (Å²) >= 11 is -0.826. The van der Waals surface area contributed by atoms with E-state index in [4.69, 9.17) is 17.0 Å². The second kappa shape index (κ2) is 12.4. The molecule has 0 aromatic heterocycles. The molecule has 10 radical (unpaired) electrons. The van der Waals surface area contributed by atoms with E-state index in [1.54, 1.807) is 25.7 Å². The van der Waals surface area contributed by atoms with E-state index in [0.29, 0.717) is 11.8 Å². The zero-order valence-electron chi connectivity index (χ0n) is 11.6. The molecule has 0 heterocycles. The molecule has 126 valence electrons. The third kappa shape index (κ3) is 16.3. The summed E-state index contributed by atoms with van der Waals surface area (Å²) < 4.78 is 69.7. The Kier molecular flexibility index (Phi) is 13.0. The molecule has 2 fully saturated rings. The monoisotopic (exact) mass is 454 g/mol. The second-order valence-corrected chi connectivity index (χ2v) is 7.97. The van der Waals surface area contributed by atoms with Crippen LogP contribution in [0.4, 0.5) is 26.3 Å². The van der Waals surface area contributed by atoms with Crippen molar-refractivity contribution >= 4 is 17.0 Å². The van der Waals surface area contributed by atoms with Crippen LogP contribution in [0.2, 0.25) is 0 Å². The first-order valence-electron chi connectivity index (χ1n) is 6.08. The molecule has 0 nitrogen and oxygen atoms in total. The van der Waals surface area contributed by atoms with Gasteiger partial charge >= 0.3 is 50.2 Å². The number of hydrogen-bond donors (Lipinski definition) is 0. The Bertz CT molecular complexity index is 256. The molecular formula is C14H12Cl2F6Zr+2. The van der Waals surface area contributed by atoms with Gasteiger partial charge in [-0.1, -0.05) is 0 Å². The zero-order chi connectivity index (χ0) is 17.9. The van der Waals surface area contributed by atoms with Crippen molar-refractivity contribution in [1.29, 1.82) is 0 Å². The number of halogens is 8. The molecule has 0 aromatic rings. The fraction of sp³-hybridized carbons (Fsp3) is 0.286. The van der Waals surface area contributed by atoms with Gasteiger partial charge in [0.15, 0.2) is 0 Å². The molecule has 0 atom stereocenters. The molecule has 2 aliphatic rings. The molecule has 0 N–H and O–H groups in total. The number of alkyl halides is 6. The van der Waals surface area contributed by atoms with E-state index < -0.39 is 46.0 Å². The van der Waals surface area contributed by atoms with Crippen LogP contribution in [0.3, 0.4) is 0 Å². The Hall–Kier alpha value is 1.04. The molecule has 0 aliphatic heterocycles. The zero-order valence-corrected chi connectivity index (χ0v) is 15.5. The van der Waals surface area contributed by atoms with Crippen molar-refractivity contribution in [1.82, 2.24) is 0 Å². The molecule has 2 aliphatic carbocycles. The molecule has 9 heteroatoms. The first-order chi connectivity index (χ1) is 10.6. The molecule has 0 amide bonds. The van der Waals surface area contributed by atoms with Crippen molar-refractivity contribution < 1.29 is 47.2 Å². The number of rotatable bonds is 2. The molecule has 0 bridgehead atoms. The fourth-order valence-corrected chi connectivity index (χ4v) is 1.53. The van der Waals surface area contributed by atoms with Crippen LogP contribution in [-0.2, 0) is 20.8 Å². The minimum absolute atomic E-state index is 0.326. The standard InChI is InChI=1S/2C7H6F3.2ClH.Zr/c2*8-7(9,10)5-6-3-1-2-4-6;;;/h2*1-4H,5H2;2*1H;/q;;;;+4/p-2. The predicted molar refractivity (Wildman–Crippen MR) is 73.9 cm³/mol. The summed E-state index contributed by atoms with van der Waals surface area (Å²) in [6, 6.07) is 0. The van der Waals surface area contributed by atoms with Crippen LogP contribution < -0.4 is 0 Å². The van der Waals surface area contributed by atoms with E-state index in [-0.39, 0.29) is 0 Å². The Balaban J connectivity index is 0.000000360. The van der Waals surface area contributed by atoms with Gasteiger partial charge in [0.25, 0.3) is 0 Å². The maximum absolute atomic E-state index is 11.6. The van der Waals surface area contributed by atoms with Crippen molar-refractivity contribution in [2.45, 2.75) is 25.2 Å². The van der Waals surface area contributed by atoms with Gasteiger partial charge < -0.3 is 0 Å². The summed E-state index contributed by atoms with van der Waals surface area (Å²) in [5, 5.41) is 0. The quantitative estimate of drug-likeness (QED) is 0.443. The Morgan fingerprint density at radius 3 is 1.04 bits per heavy atom. The average Bonchev–Trinajstić information content (AvgIpc) is 3.00. The Labute approximate surface area is 152 Å². The van der Waals surface area contributed by atoms with Crippen LogP contribution >= 0.6 is 17.0 Å². The molecule has 2 rings (SSSR count). The summed E-state index contributed by atoms with van der Waals surface area (Å²) in [6.07, 6.45) is 2.47. The van der Waals surface area contributed by atoms with E-state index in [0.717, 1.165) is 0 Å². The van der Waals surface area contributed by atoms with Crippen molar-refractivity contribution in [2.24, 2.45) is 0 Å². The van der Waals surface area contributed by atoms with E-state index in [1.807, 2.05) is 0 Å². The van der Waals surface area contributed by atoms with Gasteiger partial charge in [-0.15, -0.1) is 0 Å². The van der Waals surface area contributed by atoms with Crippen LogP contribution in [0, 0.1) is 63.2 Å². The average molecular weight is 456 g/mol. The van der Waals surface area contributed by atoms with Crippen LogP contribution in [0.15, 0.2) is 0 Å². The van der Waals surface area contributed by atoms with E-state index in [9.17, 15) is 26.3 Å². The SMILES string of the molecule is FC(F)(F)C[C]1[CH][CH][CH][CH]1.FC(F)(F)C[C]1[CH][CH][CH][CH]1.[Cl][Zr+2][Cl]. The van der Waals surface area contributed by atoms with Crippen molar-refractivity contribution in [2.75, 3.05) is 0 Å². The van der Waals surface area contributed by atoms with Crippen molar-refractivity contribution in [3.05, 3.63) is 63.2 Å². The normalized spacial score (nSPS) is 19.5. The van der Waals surface area contributed by atoms with Gasteiger partial charge in [-0.3, -0.25) is 0 Å². The van der Waals surface area contributed by atoms with Gasteiger partial charge in [0.2, 0.25) is 0 Å². The second-order valence-electron chi connectivity index (χ2n) is 4.24. The fourth-order valence-electron chi connectivity index (χ4n) is 1.53. The van der Waals surface area contributed by atoms with Crippen molar-refractivity contribution in [3.63, 3.8) is 0 Å². The van der Waals surface area contributed by atoms with Gasteiger partial charge in [0, 0.05) is 0 Å². The number of hydrogen-bond acceptors (Lipinski definition) is 0. The summed E-state index contributed by atoms with van der Waals surface area (Å²) in [5.41, 5.74) is 0. The third-order valence-electron chi connectivity index (χ3n) is 2.27. The predicted octanol–water partition coefficient (Wildman–Crippen LogP) is 6.06. The van der Waals surface area contributed by atoms with Crippen LogP contribution in [0.5, 0.6) is 0 Å². The van der Waals surface area contributed by atoms with Crippen molar-refractivity contribution in [3.8, 4) is 0 Å². The Morgan fingerprint density at radius 1 is 0.652 bits per heavy atom. The molecule has 0 spiro atoms. The van der Waals surface area contributed by atoms with Gasteiger partial charge in [-0.05, 0) is 63.2 Å². The van der Waals surface area contributed by atoms with E-state index in [2.05, 4.69) is 0 Å². The van der Waals surface area contributed by atoms with Crippen LogP contribution in [0.1, 0.15) is 12.8 Å². The summed E-state index contributed by atoms with van der Waals surface area (Å²) in [4.78, 5) is 0. The summed E-state index contributed by atoms with van der Waals surface area (Å²) in [5.74, 6) is 0.653.